The molecule has 0 bridgehead atoms. The Morgan fingerprint density at radius 2 is 2.00 bits per heavy atom. The van der Waals surface area contributed by atoms with Crippen molar-refractivity contribution in [1.29, 1.82) is 0 Å². The molecule has 1 aliphatic carbocycles. The number of nitrogens with zero attached hydrogens (tertiary/aromatic N) is 2. The second-order valence-electron chi connectivity index (χ2n) is 6.60. The Kier molecular flexibility index (Phi) is 5.26. The number of nitrogens with two attached hydrogens (primary N) is 1. The average molecular weight is 344 g/mol. The van der Waals surface area contributed by atoms with E-state index in [1.807, 2.05) is 0 Å². The largest absolute Gasteiger partial charge is 0.396 e. The smallest absolute Gasteiger partial charge is 0.191 e. The summed E-state index contributed by atoms with van der Waals surface area (Å²) in [5.41, 5.74) is 8.41. The fraction of sp³-hybridized carbons (Fsp3) is 0.444. The molecule has 4 N–H and O–H groups in total. The van der Waals surface area contributed by atoms with Crippen LogP contribution in [0, 0.1) is 12.3 Å². The predicted molar refractivity (Wildman–Crippen MR) is 99.0 cm³/mol. The number of rotatable bonds is 7. The number of aliphatic hydroxyl groups is 1. The topological polar surface area (TPSA) is 84.1 Å². The molecule has 0 saturated heterocycles. The van der Waals surface area contributed by atoms with Gasteiger partial charge in [0.05, 0.1) is 6.61 Å². The second kappa shape index (κ2) is 7.40. The van der Waals surface area contributed by atoms with E-state index in [9.17, 15) is 5.11 Å². The van der Waals surface area contributed by atoms with Crippen LogP contribution >= 0.6 is 11.8 Å². The number of nitrogen functional groups attached to an aromatic ring is 1. The van der Waals surface area contributed by atoms with E-state index in [1.54, 1.807) is 17.8 Å². The highest BCUT2D eigenvalue weighted by atomic mass is 32.2. The molecule has 0 unspecified atom stereocenters. The molecule has 1 fully saturated rings. The second-order valence-corrected chi connectivity index (χ2v) is 7.54. The van der Waals surface area contributed by atoms with Crippen molar-refractivity contribution in [3.63, 3.8) is 0 Å². The molecular weight excluding hydrogens is 320 g/mol. The highest BCUT2D eigenvalue weighted by molar-refractivity contribution is 7.98. The Labute approximate surface area is 147 Å². The van der Waals surface area contributed by atoms with Gasteiger partial charge in [-0.15, -0.1) is 0 Å². The number of aliphatic hydroxyl groups excluding tert-OH is 1. The summed E-state index contributed by atoms with van der Waals surface area (Å²) in [6.45, 7) is 3.02. The number of benzene rings is 1. The summed E-state index contributed by atoms with van der Waals surface area (Å²) in [6.07, 6.45) is 3.31. The first kappa shape index (κ1) is 17.0. The first-order valence-electron chi connectivity index (χ1n) is 8.26. The van der Waals surface area contributed by atoms with Crippen LogP contribution in [0.2, 0.25) is 0 Å². The van der Waals surface area contributed by atoms with E-state index < -0.39 is 0 Å². The third kappa shape index (κ3) is 4.19. The van der Waals surface area contributed by atoms with Crippen molar-refractivity contribution in [3.05, 3.63) is 41.5 Å². The van der Waals surface area contributed by atoms with Gasteiger partial charge in [-0.1, -0.05) is 48.0 Å². The number of nitrogens with one attached hydrogen (secondary N) is 1. The maximum absolute atomic E-state index is 9.55. The third-order valence-corrected chi connectivity index (χ3v) is 5.53. The Hall–Kier alpha value is -1.79. The van der Waals surface area contributed by atoms with Crippen molar-refractivity contribution < 1.29 is 5.11 Å². The van der Waals surface area contributed by atoms with Crippen molar-refractivity contribution in [2.75, 3.05) is 24.2 Å². The summed E-state index contributed by atoms with van der Waals surface area (Å²) >= 11 is 1.57. The SMILES string of the molecule is Cc1ccc(CSc2nc(N)cc(NCC3(CO)CCC3)n2)cc1. The van der Waals surface area contributed by atoms with Gasteiger partial charge in [-0.3, -0.25) is 0 Å². The van der Waals surface area contributed by atoms with Crippen LogP contribution in [-0.4, -0.2) is 28.2 Å². The lowest BCUT2D eigenvalue weighted by Crippen LogP contribution is -2.40. The molecule has 1 saturated carbocycles. The van der Waals surface area contributed by atoms with E-state index in [0.29, 0.717) is 11.0 Å². The van der Waals surface area contributed by atoms with Gasteiger partial charge in [0.15, 0.2) is 5.16 Å². The van der Waals surface area contributed by atoms with Gasteiger partial charge in [0.25, 0.3) is 0 Å². The Morgan fingerprint density at radius 3 is 2.62 bits per heavy atom. The molecule has 0 radical (unpaired) electrons. The Balaban J connectivity index is 1.61. The number of anilines is 2. The number of thioether (sulfide) groups is 1. The average Bonchev–Trinajstić information content (AvgIpc) is 2.53. The highest BCUT2D eigenvalue weighted by Gasteiger charge is 2.36. The molecule has 0 aliphatic heterocycles. The summed E-state index contributed by atoms with van der Waals surface area (Å²) < 4.78 is 0. The number of aromatic nitrogens is 2. The molecule has 2 aromatic rings. The van der Waals surface area contributed by atoms with Gasteiger partial charge in [0, 0.05) is 23.8 Å². The van der Waals surface area contributed by atoms with Gasteiger partial charge in [0.1, 0.15) is 11.6 Å². The zero-order valence-electron chi connectivity index (χ0n) is 14.0. The molecule has 1 aromatic heterocycles. The maximum Gasteiger partial charge on any atom is 0.191 e. The first-order valence-corrected chi connectivity index (χ1v) is 9.25. The molecule has 3 rings (SSSR count). The zero-order chi connectivity index (χ0) is 17.0. The summed E-state index contributed by atoms with van der Waals surface area (Å²) in [7, 11) is 0. The van der Waals surface area contributed by atoms with E-state index >= 15 is 0 Å². The molecule has 1 aromatic carbocycles. The molecule has 0 amide bonds. The first-order chi connectivity index (χ1) is 11.6. The molecule has 128 valence electrons. The van der Waals surface area contributed by atoms with Gasteiger partial charge in [0.2, 0.25) is 0 Å². The maximum atomic E-state index is 9.55. The minimum absolute atomic E-state index is 0.00885. The van der Waals surface area contributed by atoms with Gasteiger partial charge in [-0.05, 0) is 25.3 Å². The number of aryl methyl sites for hydroxylation is 1. The minimum atomic E-state index is 0.00885. The highest BCUT2D eigenvalue weighted by Crippen LogP contribution is 2.40. The van der Waals surface area contributed by atoms with E-state index in [-0.39, 0.29) is 12.0 Å². The van der Waals surface area contributed by atoms with E-state index in [2.05, 4.69) is 46.5 Å². The van der Waals surface area contributed by atoms with Gasteiger partial charge in [-0.25, -0.2) is 9.97 Å². The van der Waals surface area contributed by atoms with Gasteiger partial charge >= 0.3 is 0 Å². The van der Waals surface area contributed by atoms with Gasteiger partial charge in [-0.2, -0.15) is 0 Å². The normalized spacial score (nSPS) is 15.8. The number of hydrogen-bond donors (Lipinski definition) is 3. The van der Waals surface area contributed by atoms with Crippen molar-refractivity contribution >= 4 is 23.4 Å². The van der Waals surface area contributed by atoms with Crippen LogP contribution in [0.3, 0.4) is 0 Å². The molecule has 5 nitrogen and oxygen atoms in total. The van der Waals surface area contributed by atoms with Crippen molar-refractivity contribution in [2.24, 2.45) is 5.41 Å². The molecule has 6 heteroatoms. The van der Waals surface area contributed by atoms with Gasteiger partial charge < -0.3 is 16.2 Å². The monoisotopic (exact) mass is 344 g/mol. The molecule has 1 aliphatic rings. The van der Waals surface area contributed by atoms with E-state index in [4.69, 9.17) is 5.73 Å². The molecule has 0 spiro atoms. The molecule has 0 atom stereocenters. The van der Waals surface area contributed by atoms with Crippen LogP contribution in [0.5, 0.6) is 0 Å². The van der Waals surface area contributed by atoms with Crippen LogP contribution in [0.25, 0.3) is 0 Å². The lowest BCUT2D eigenvalue weighted by molar-refractivity contribution is 0.0575. The summed E-state index contributed by atoms with van der Waals surface area (Å²) in [6, 6.07) is 10.2. The Bertz CT molecular complexity index is 680. The minimum Gasteiger partial charge on any atom is -0.396 e. The van der Waals surface area contributed by atoms with Crippen LogP contribution in [0.1, 0.15) is 30.4 Å². The van der Waals surface area contributed by atoms with Crippen molar-refractivity contribution in [3.8, 4) is 0 Å². The Morgan fingerprint density at radius 1 is 1.25 bits per heavy atom. The molecular formula is C18H24N4OS. The summed E-state index contributed by atoms with van der Waals surface area (Å²) in [5.74, 6) is 2.00. The summed E-state index contributed by atoms with van der Waals surface area (Å²) in [4.78, 5) is 8.85. The van der Waals surface area contributed by atoms with Crippen LogP contribution in [0.15, 0.2) is 35.5 Å². The zero-order valence-corrected chi connectivity index (χ0v) is 14.8. The third-order valence-electron chi connectivity index (χ3n) is 4.61. The quantitative estimate of drug-likeness (QED) is 0.528. The molecule has 24 heavy (non-hydrogen) atoms. The lowest BCUT2D eigenvalue weighted by atomic mass is 9.69. The van der Waals surface area contributed by atoms with Crippen LogP contribution in [-0.2, 0) is 5.75 Å². The molecule has 1 heterocycles. The van der Waals surface area contributed by atoms with Crippen molar-refractivity contribution in [1.82, 2.24) is 9.97 Å². The van der Waals surface area contributed by atoms with Crippen LogP contribution < -0.4 is 11.1 Å². The van der Waals surface area contributed by atoms with Crippen LogP contribution in [0.4, 0.5) is 11.6 Å². The fourth-order valence-corrected chi connectivity index (χ4v) is 3.60. The summed E-state index contributed by atoms with van der Waals surface area (Å²) in [5, 5.41) is 13.5. The lowest BCUT2D eigenvalue weighted by Gasteiger charge is -2.40. The van der Waals surface area contributed by atoms with E-state index in [1.165, 1.54) is 17.5 Å². The fourth-order valence-electron chi connectivity index (χ4n) is 2.78. The van der Waals surface area contributed by atoms with Crippen molar-refractivity contribution in [2.45, 2.75) is 37.1 Å². The van der Waals surface area contributed by atoms with E-state index in [0.717, 1.165) is 31.0 Å². The number of hydrogen-bond acceptors (Lipinski definition) is 6. The predicted octanol–water partition coefficient (Wildman–Crippen LogP) is 3.23. The standard InChI is InChI=1S/C18H24N4OS/c1-13-3-5-14(6-4-13)10-24-17-21-15(19)9-16(22-17)20-11-18(12-23)7-2-8-18/h3-6,9,23H,2,7-8,10-12H2,1H3,(H3,19,20,21,22).